The van der Waals surface area contributed by atoms with Crippen molar-refractivity contribution in [3.05, 3.63) is 412 Å². The summed E-state index contributed by atoms with van der Waals surface area (Å²) in [7, 11) is 0. The van der Waals surface area contributed by atoms with E-state index >= 15 is 0 Å². The average molecular weight is 1490 g/mol. The molecule has 0 aliphatic heterocycles. The Bertz CT molecular complexity index is 6270. The summed E-state index contributed by atoms with van der Waals surface area (Å²) in [5.74, 6) is 0.640. The van der Waals surface area contributed by atoms with Gasteiger partial charge in [0, 0.05) is 70.6 Å². The highest BCUT2D eigenvalue weighted by Crippen LogP contribution is 2.47. The predicted octanol–water partition coefficient (Wildman–Crippen LogP) is 29.0. The minimum atomic E-state index is 0.00354. The fourth-order valence-corrected chi connectivity index (χ4v) is 16.0. The van der Waals surface area contributed by atoms with Crippen molar-refractivity contribution in [1.29, 1.82) is 0 Å². The van der Waals surface area contributed by atoms with E-state index in [1.807, 2.05) is 61.4 Å². The maximum atomic E-state index is 5.17. The highest BCUT2D eigenvalue weighted by molar-refractivity contribution is 5.97. The lowest BCUT2D eigenvalue weighted by Crippen LogP contribution is -2.11. The van der Waals surface area contributed by atoms with Crippen molar-refractivity contribution in [3.63, 3.8) is 0 Å². The molecule has 0 atom stereocenters. The fraction of sp³-hybridized carbons (Fsp3) is 0.0727. The Balaban J connectivity index is 0.689. The van der Waals surface area contributed by atoms with Crippen LogP contribution in [0.15, 0.2) is 401 Å². The van der Waals surface area contributed by atoms with Gasteiger partial charge < -0.3 is 0 Å². The third kappa shape index (κ3) is 15.3. The predicted molar refractivity (Wildman–Crippen MR) is 483 cm³/mol. The van der Waals surface area contributed by atoms with Crippen LogP contribution in [0, 0.1) is 0 Å². The Morgan fingerprint density at radius 1 is 0.155 bits per heavy atom. The minimum absolute atomic E-state index is 0.00354. The molecule has 0 saturated heterocycles. The maximum absolute atomic E-state index is 5.17. The fourth-order valence-electron chi connectivity index (χ4n) is 16.0. The quantitative estimate of drug-likeness (QED) is 0.0904. The van der Waals surface area contributed by atoms with Crippen LogP contribution in [0.25, 0.3) is 190 Å². The molecule has 116 heavy (non-hydrogen) atoms. The van der Waals surface area contributed by atoms with Crippen molar-refractivity contribution in [2.45, 2.75) is 52.4 Å². The first kappa shape index (κ1) is 73.0. The molecule has 0 saturated carbocycles. The molecule has 0 fully saturated rings. The third-order valence-electron chi connectivity index (χ3n) is 22.3. The first-order valence-electron chi connectivity index (χ1n) is 39.7. The molecule has 6 heteroatoms. The van der Waals surface area contributed by atoms with E-state index in [0.29, 0.717) is 5.82 Å². The average Bonchev–Trinajstić information content (AvgIpc) is 0.770. The van der Waals surface area contributed by atoms with E-state index < -0.39 is 0 Å². The van der Waals surface area contributed by atoms with Gasteiger partial charge in [0.1, 0.15) is 0 Å². The molecule has 0 aliphatic carbocycles. The molecule has 0 aliphatic rings. The molecule has 0 radical (unpaired) electrons. The monoisotopic (exact) mass is 1490 g/mol. The van der Waals surface area contributed by atoms with Gasteiger partial charge in [-0.15, -0.1) is 0 Å². The number of nitrogens with zero attached hydrogens (tertiary/aromatic N) is 6. The van der Waals surface area contributed by atoms with Crippen LogP contribution >= 0.6 is 0 Å². The number of aromatic nitrogens is 6. The smallest absolute Gasteiger partial charge is 0.159 e. The highest BCUT2D eigenvalue weighted by Gasteiger charge is 2.23. The molecule has 0 bridgehead atoms. The molecule has 5 heterocycles. The van der Waals surface area contributed by atoms with Gasteiger partial charge in [0.15, 0.2) is 5.82 Å². The van der Waals surface area contributed by atoms with Gasteiger partial charge in [-0.25, -0.2) is 9.97 Å². The zero-order valence-electron chi connectivity index (χ0n) is 65.8. The lowest BCUT2D eigenvalue weighted by molar-refractivity contribution is 0.589. The Labute approximate surface area is 680 Å². The van der Waals surface area contributed by atoms with E-state index in [2.05, 4.69) is 391 Å². The van der Waals surface area contributed by atoms with E-state index in [-0.39, 0.29) is 10.8 Å². The summed E-state index contributed by atoms with van der Waals surface area (Å²) in [5, 5.41) is 0. The zero-order valence-corrected chi connectivity index (χ0v) is 65.8. The van der Waals surface area contributed by atoms with E-state index in [4.69, 9.17) is 19.9 Å². The van der Waals surface area contributed by atoms with Crippen LogP contribution in [-0.4, -0.2) is 29.9 Å². The van der Waals surface area contributed by atoms with Crippen molar-refractivity contribution in [2.24, 2.45) is 0 Å². The summed E-state index contributed by atoms with van der Waals surface area (Å²) in [4.78, 5) is 29.3. The van der Waals surface area contributed by atoms with Gasteiger partial charge in [0.2, 0.25) is 0 Å². The minimum Gasteiger partial charge on any atom is -0.256 e. The van der Waals surface area contributed by atoms with E-state index in [0.717, 1.165) is 184 Å². The molecule has 0 amide bonds. The molecular weight excluding hydrogens is 1410 g/mol. The number of rotatable bonds is 17. The topological polar surface area (TPSA) is 77.3 Å². The molecule has 554 valence electrons. The number of hydrogen-bond donors (Lipinski definition) is 0. The summed E-state index contributed by atoms with van der Waals surface area (Å²) in [6, 6.07) is 132. The summed E-state index contributed by atoms with van der Waals surface area (Å²) in [5.41, 5.74) is 38.1. The summed E-state index contributed by atoms with van der Waals surface area (Å²) in [6.45, 7) is 13.5. The van der Waals surface area contributed by atoms with Crippen molar-refractivity contribution >= 4 is 0 Å². The maximum Gasteiger partial charge on any atom is 0.159 e. The van der Waals surface area contributed by atoms with Gasteiger partial charge in [-0.05, 0) is 235 Å². The molecule has 0 N–H and O–H groups in total. The van der Waals surface area contributed by atoms with Crippen LogP contribution in [-0.2, 0) is 10.8 Å². The van der Waals surface area contributed by atoms with E-state index in [1.165, 1.54) is 11.1 Å². The lowest BCUT2D eigenvalue weighted by Gasteiger charge is -2.19. The first-order valence-corrected chi connectivity index (χ1v) is 39.7. The van der Waals surface area contributed by atoms with Gasteiger partial charge in [-0.3, -0.25) is 19.9 Å². The standard InChI is InChI=1S/C110H84N6/c1-109(2,3)90-57-61-113-106(69-90)80-51-41-75(42-52-80)94-25-9-14-28-97(94)83-63-84(98-29-15-10-26-95(98)76-43-53-81(54-44-76)107-70-91(58-62-114-107)110(4,5)6)65-85(64-83)101-32-16-11-27-96(101)77-45-55-82(56-46-77)108-115-71-89(72-116-108)103-34-18-17-33-102(103)88-67-86(99-30-12-7-23-92(99)73-37-47-78(48-38-73)104-35-19-21-59-111-104)66-87(68-88)100-31-13-8-24-93(100)74-39-49-79(50-40-74)105-36-20-22-60-112-105/h7-72H,1-6H3. The van der Waals surface area contributed by atoms with Crippen molar-refractivity contribution in [2.75, 3.05) is 0 Å². The van der Waals surface area contributed by atoms with E-state index in [1.54, 1.807) is 0 Å². The van der Waals surface area contributed by atoms with Crippen LogP contribution in [0.4, 0.5) is 0 Å². The first-order chi connectivity index (χ1) is 56.7. The van der Waals surface area contributed by atoms with Crippen LogP contribution in [0.1, 0.15) is 52.7 Å². The zero-order chi connectivity index (χ0) is 78.7. The van der Waals surface area contributed by atoms with Crippen LogP contribution < -0.4 is 0 Å². The number of hydrogen-bond acceptors (Lipinski definition) is 6. The molecule has 0 unspecified atom stereocenters. The van der Waals surface area contributed by atoms with Crippen LogP contribution in [0.5, 0.6) is 0 Å². The molecule has 6 nitrogen and oxygen atoms in total. The van der Waals surface area contributed by atoms with Crippen LogP contribution in [0.3, 0.4) is 0 Å². The Hall–Kier alpha value is -14.5. The highest BCUT2D eigenvalue weighted by atomic mass is 14.9. The third-order valence-corrected chi connectivity index (χ3v) is 22.3. The Morgan fingerprint density at radius 3 is 0.603 bits per heavy atom. The van der Waals surface area contributed by atoms with Crippen molar-refractivity contribution < 1.29 is 0 Å². The molecular formula is C110H84N6. The van der Waals surface area contributed by atoms with Crippen molar-refractivity contribution in [3.8, 4) is 190 Å². The van der Waals surface area contributed by atoms with Gasteiger partial charge in [0.05, 0.1) is 22.8 Å². The van der Waals surface area contributed by atoms with Gasteiger partial charge >= 0.3 is 0 Å². The van der Waals surface area contributed by atoms with Gasteiger partial charge in [-0.1, -0.05) is 321 Å². The second-order valence-electron chi connectivity index (χ2n) is 31.8. The lowest BCUT2D eigenvalue weighted by atomic mass is 9.85. The molecule has 0 spiro atoms. The Kier molecular flexibility index (Phi) is 19.9. The van der Waals surface area contributed by atoms with Crippen molar-refractivity contribution in [1.82, 2.24) is 29.9 Å². The molecule has 18 rings (SSSR count). The van der Waals surface area contributed by atoms with Gasteiger partial charge in [0.25, 0.3) is 0 Å². The summed E-state index contributed by atoms with van der Waals surface area (Å²) >= 11 is 0. The summed E-state index contributed by atoms with van der Waals surface area (Å²) in [6.07, 6.45) is 11.5. The number of benzene rings is 13. The van der Waals surface area contributed by atoms with Crippen LogP contribution in [0.2, 0.25) is 0 Å². The molecule has 13 aromatic carbocycles. The largest absolute Gasteiger partial charge is 0.256 e. The number of pyridine rings is 4. The van der Waals surface area contributed by atoms with Gasteiger partial charge in [-0.2, -0.15) is 0 Å². The second kappa shape index (κ2) is 31.6. The molecule has 5 aromatic heterocycles. The molecule has 18 aromatic rings. The summed E-state index contributed by atoms with van der Waals surface area (Å²) < 4.78 is 0. The van der Waals surface area contributed by atoms with E-state index in [9.17, 15) is 0 Å². The second-order valence-corrected chi connectivity index (χ2v) is 31.8. The normalized spacial score (nSPS) is 11.5. The SMILES string of the molecule is CC(C)(C)c1ccnc(-c2ccc(-c3ccccc3-c3cc(-c4ccccc4-c4ccc(-c5cc(C(C)(C)C)ccn5)cc4)cc(-c4ccccc4-c4ccc(-c5ncc(-c6ccccc6-c6cc(-c7ccccc7-c7ccc(-c8ccccn8)cc7)cc(-c7ccccc7-c7ccc(-c8ccccn8)cc7)c6)cn5)cc4)c3)cc2)c1. The Morgan fingerprint density at radius 2 is 0.362 bits per heavy atom.